The molecule has 0 spiro atoms. The van der Waals surface area contributed by atoms with Gasteiger partial charge in [-0.15, -0.1) is 12.4 Å². The van der Waals surface area contributed by atoms with Crippen LogP contribution in [0, 0.1) is 5.92 Å². The fourth-order valence-corrected chi connectivity index (χ4v) is 2.28. The van der Waals surface area contributed by atoms with Gasteiger partial charge in [-0.3, -0.25) is 9.59 Å². The lowest BCUT2D eigenvalue weighted by atomic mass is 10.0. The van der Waals surface area contributed by atoms with Crippen LogP contribution in [-0.4, -0.2) is 30.9 Å². The van der Waals surface area contributed by atoms with Gasteiger partial charge in [0.15, 0.2) is 0 Å². The van der Waals surface area contributed by atoms with Crippen molar-refractivity contribution in [3.8, 4) is 0 Å². The van der Waals surface area contributed by atoms with E-state index in [1.54, 1.807) is 24.3 Å². The molecule has 0 aliphatic rings. The van der Waals surface area contributed by atoms with E-state index in [1.807, 2.05) is 13.8 Å². The van der Waals surface area contributed by atoms with Crippen molar-refractivity contribution in [3.63, 3.8) is 0 Å². The molecular weight excluding hydrogens is 349 g/mol. The van der Waals surface area contributed by atoms with E-state index < -0.39 is 6.04 Å². The average Bonchev–Trinajstić information content (AvgIpc) is 2.50. The van der Waals surface area contributed by atoms with Gasteiger partial charge in [-0.25, -0.2) is 0 Å². The number of nitrogens with two attached hydrogens (primary N) is 1. The predicted octanol–water partition coefficient (Wildman–Crippen LogP) is 2.76. The lowest BCUT2D eigenvalue weighted by molar-refractivity contribution is -0.123. The third-order valence-corrected chi connectivity index (χ3v) is 3.62. The standard InChI is InChI=1S/C17H26ClN3O2.ClH/c1-12(2)11-15(17(23)20-10-4-3-9-19)21-16(22)13-5-7-14(18)8-6-13;/h5-8,12,15H,3-4,9-11,19H2,1-2H3,(H,20,23)(H,21,22);1H. The van der Waals surface area contributed by atoms with Gasteiger partial charge in [0.05, 0.1) is 0 Å². The fraction of sp³-hybridized carbons (Fsp3) is 0.529. The van der Waals surface area contributed by atoms with Crippen molar-refractivity contribution in [2.24, 2.45) is 11.7 Å². The third kappa shape index (κ3) is 8.52. The molecule has 0 aromatic heterocycles. The van der Waals surface area contributed by atoms with Gasteiger partial charge in [0.25, 0.3) is 5.91 Å². The number of carbonyl (C=O) groups excluding carboxylic acids is 2. The summed E-state index contributed by atoms with van der Waals surface area (Å²) >= 11 is 5.82. The van der Waals surface area contributed by atoms with Crippen molar-refractivity contribution in [2.75, 3.05) is 13.1 Å². The highest BCUT2D eigenvalue weighted by Crippen LogP contribution is 2.11. The second-order valence-electron chi connectivity index (χ2n) is 5.95. The first-order chi connectivity index (χ1) is 10.9. The number of nitrogens with one attached hydrogen (secondary N) is 2. The maximum absolute atomic E-state index is 12.3. The van der Waals surface area contributed by atoms with E-state index in [4.69, 9.17) is 17.3 Å². The molecular formula is C17H27Cl2N3O2. The van der Waals surface area contributed by atoms with Crippen molar-refractivity contribution in [1.82, 2.24) is 10.6 Å². The Morgan fingerprint density at radius 3 is 2.33 bits per heavy atom. The van der Waals surface area contributed by atoms with Crippen LogP contribution >= 0.6 is 24.0 Å². The number of hydrogen-bond donors (Lipinski definition) is 3. The number of carbonyl (C=O) groups is 2. The van der Waals surface area contributed by atoms with Crippen LogP contribution in [0.2, 0.25) is 5.02 Å². The molecule has 0 aliphatic carbocycles. The Bertz CT molecular complexity index is 507. The molecule has 7 heteroatoms. The van der Waals surface area contributed by atoms with Crippen LogP contribution in [0.3, 0.4) is 0 Å². The number of amides is 2. The Balaban J connectivity index is 0.00000529. The lowest BCUT2D eigenvalue weighted by Gasteiger charge is -2.20. The number of hydrogen-bond acceptors (Lipinski definition) is 3. The molecule has 136 valence electrons. The average molecular weight is 376 g/mol. The van der Waals surface area contributed by atoms with Gasteiger partial charge >= 0.3 is 0 Å². The summed E-state index contributed by atoms with van der Waals surface area (Å²) in [7, 11) is 0. The molecule has 0 aliphatic heterocycles. The summed E-state index contributed by atoms with van der Waals surface area (Å²) in [5, 5.41) is 6.23. The van der Waals surface area contributed by atoms with Gasteiger partial charge in [0, 0.05) is 17.1 Å². The molecule has 1 rings (SSSR count). The van der Waals surface area contributed by atoms with Crippen LogP contribution in [0.15, 0.2) is 24.3 Å². The Kier molecular flexibility index (Phi) is 11.5. The molecule has 1 aromatic carbocycles. The molecule has 24 heavy (non-hydrogen) atoms. The maximum atomic E-state index is 12.3. The van der Waals surface area contributed by atoms with Crippen LogP contribution < -0.4 is 16.4 Å². The highest BCUT2D eigenvalue weighted by molar-refractivity contribution is 6.30. The summed E-state index contributed by atoms with van der Waals surface area (Å²) in [6.45, 7) is 5.21. The van der Waals surface area contributed by atoms with Crippen LogP contribution in [-0.2, 0) is 4.79 Å². The molecule has 2 amide bonds. The normalized spacial score (nSPS) is 11.5. The van der Waals surface area contributed by atoms with E-state index in [9.17, 15) is 9.59 Å². The van der Waals surface area contributed by atoms with Gasteiger partial charge in [0.1, 0.15) is 6.04 Å². The van der Waals surface area contributed by atoms with Crippen molar-refractivity contribution >= 4 is 35.8 Å². The van der Waals surface area contributed by atoms with Crippen molar-refractivity contribution in [3.05, 3.63) is 34.9 Å². The molecule has 0 fully saturated rings. The minimum atomic E-state index is -0.545. The lowest BCUT2D eigenvalue weighted by Crippen LogP contribution is -2.47. The molecule has 0 heterocycles. The SMILES string of the molecule is CC(C)CC(NC(=O)c1ccc(Cl)cc1)C(=O)NCCCCN.Cl. The highest BCUT2D eigenvalue weighted by Gasteiger charge is 2.22. The van der Waals surface area contributed by atoms with Crippen LogP contribution in [0.4, 0.5) is 0 Å². The molecule has 0 bridgehead atoms. The number of rotatable bonds is 9. The molecule has 4 N–H and O–H groups in total. The van der Waals surface area contributed by atoms with Crippen molar-refractivity contribution < 1.29 is 9.59 Å². The Labute approximate surface area is 155 Å². The number of benzene rings is 1. The summed E-state index contributed by atoms with van der Waals surface area (Å²) in [5.74, 6) is -0.136. The topological polar surface area (TPSA) is 84.2 Å². The predicted molar refractivity (Wildman–Crippen MR) is 101 cm³/mol. The molecule has 0 saturated heterocycles. The van der Waals surface area contributed by atoms with E-state index in [1.165, 1.54) is 0 Å². The number of halogens is 2. The first-order valence-electron chi connectivity index (χ1n) is 7.98. The monoisotopic (exact) mass is 375 g/mol. The second-order valence-corrected chi connectivity index (χ2v) is 6.39. The molecule has 5 nitrogen and oxygen atoms in total. The van der Waals surface area contributed by atoms with Crippen molar-refractivity contribution in [1.29, 1.82) is 0 Å². The molecule has 1 unspecified atom stereocenters. The summed E-state index contributed by atoms with van der Waals surface area (Å²) in [6, 6.07) is 6.05. The van der Waals surface area contributed by atoms with E-state index in [0.29, 0.717) is 36.0 Å². The quantitative estimate of drug-likeness (QED) is 0.580. The molecule has 0 saturated carbocycles. The highest BCUT2D eigenvalue weighted by atomic mass is 35.5. The Morgan fingerprint density at radius 1 is 1.17 bits per heavy atom. The smallest absolute Gasteiger partial charge is 0.251 e. The summed E-state index contributed by atoms with van der Waals surface area (Å²) in [5.41, 5.74) is 5.92. The summed E-state index contributed by atoms with van der Waals surface area (Å²) in [4.78, 5) is 24.6. The van der Waals surface area contributed by atoms with Crippen LogP contribution in [0.1, 0.15) is 43.5 Å². The third-order valence-electron chi connectivity index (χ3n) is 3.37. The first-order valence-corrected chi connectivity index (χ1v) is 8.36. The van der Waals surface area contributed by atoms with Crippen LogP contribution in [0.25, 0.3) is 0 Å². The van der Waals surface area contributed by atoms with Gasteiger partial charge in [-0.05, 0) is 56.0 Å². The summed E-state index contributed by atoms with van der Waals surface area (Å²) in [6.07, 6.45) is 2.29. The zero-order valence-electron chi connectivity index (χ0n) is 14.2. The maximum Gasteiger partial charge on any atom is 0.251 e. The largest absolute Gasteiger partial charge is 0.354 e. The van der Waals surface area contributed by atoms with Gasteiger partial charge in [-0.2, -0.15) is 0 Å². The molecule has 0 radical (unpaired) electrons. The second kappa shape index (κ2) is 12.1. The first kappa shape index (κ1) is 22.7. The van der Waals surface area contributed by atoms with Gasteiger partial charge in [0.2, 0.25) is 5.91 Å². The molecule has 1 aromatic rings. The zero-order valence-corrected chi connectivity index (χ0v) is 15.8. The van der Waals surface area contributed by atoms with E-state index in [2.05, 4.69) is 10.6 Å². The van der Waals surface area contributed by atoms with Crippen molar-refractivity contribution in [2.45, 2.75) is 39.2 Å². The molecule has 1 atom stereocenters. The van der Waals surface area contributed by atoms with Crippen LogP contribution in [0.5, 0.6) is 0 Å². The fourth-order valence-electron chi connectivity index (χ4n) is 2.15. The van der Waals surface area contributed by atoms with E-state index in [-0.39, 0.29) is 24.2 Å². The Hall–Kier alpha value is -1.30. The minimum Gasteiger partial charge on any atom is -0.354 e. The summed E-state index contributed by atoms with van der Waals surface area (Å²) < 4.78 is 0. The van der Waals surface area contributed by atoms with Gasteiger partial charge < -0.3 is 16.4 Å². The van der Waals surface area contributed by atoms with Gasteiger partial charge in [-0.1, -0.05) is 25.4 Å². The van der Waals surface area contributed by atoms with E-state index >= 15 is 0 Å². The zero-order chi connectivity index (χ0) is 17.2. The van der Waals surface area contributed by atoms with E-state index in [0.717, 1.165) is 12.8 Å². The Morgan fingerprint density at radius 2 is 1.79 bits per heavy atom. The minimum absolute atomic E-state index is 0. The number of unbranched alkanes of at least 4 members (excludes halogenated alkanes) is 1.